The molecular formula is C24H31NO3. The molecule has 0 saturated carbocycles. The summed E-state index contributed by atoms with van der Waals surface area (Å²) in [6.45, 7) is 9.66. The van der Waals surface area contributed by atoms with Crippen LogP contribution in [0.3, 0.4) is 0 Å². The lowest BCUT2D eigenvalue weighted by Gasteiger charge is -2.32. The molecule has 4 heteroatoms. The van der Waals surface area contributed by atoms with Crippen LogP contribution in [0.5, 0.6) is 0 Å². The standard InChI is InChI=1S/C24H31NO3/c1-4-11-21(25-16-19-12-7-5-8-13-19)23(22-18-27-24(2,3)28-22)26-17-20-14-9-6-10-15-20/h4-10,12-15,21-23,25H,1,11,16-18H2,2-3H3/t21-,22+,23+/m1/s1. The first-order valence-corrected chi connectivity index (χ1v) is 9.93. The van der Waals surface area contributed by atoms with Gasteiger partial charge in [-0.05, 0) is 31.4 Å². The fourth-order valence-electron chi connectivity index (χ4n) is 3.48. The molecule has 3 rings (SSSR count). The van der Waals surface area contributed by atoms with E-state index in [-0.39, 0.29) is 18.2 Å². The Bertz CT molecular complexity index is 717. The van der Waals surface area contributed by atoms with Crippen molar-refractivity contribution in [2.75, 3.05) is 6.61 Å². The maximum Gasteiger partial charge on any atom is 0.163 e. The highest BCUT2D eigenvalue weighted by atomic mass is 16.7. The van der Waals surface area contributed by atoms with E-state index in [1.54, 1.807) is 0 Å². The van der Waals surface area contributed by atoms with E-state index in [0.29, 0.717) is 13.2 Å². The molecule has 1 saturated heterocycles. The average molecular weight is 382 g/mol. The minimum Gasteiger partial charge on any atom is -0.369 e. The van der Waals surface area contributed by atoms with Crippen LogP contribution in [0.25, 0.3) is 0 Å². The minimum atomic E-state index is -0.586. The highest BCUT2D eigenvalue weighted by molar-refractivity contribution is 5.15. The second-order valence-electron chi connectivity index (χ2n) is 7.63. The van der Waals surface area contributed by atoms with Gasteiger partial charge in [-0.25, -0.2) is 0 Å². The number of ether oxygens (including phenoxy) is 3. The van der Waals surface area contributed by atoms with Crippen molar-refractivity contribution >= 4 is 0 Å². The van der Waals surface area contributed by atoms with E-state index >= 15 is 0 Å². The molecular weight excluding hydrogens is 350 g/mol. The molecule has 150 valence electrons. The molecule has 2 aromatic rings. The van der Waals surface area contributed by atoms with Crippen molar-refractivity contribution in [3.8, 4) is 0 Å². The third-order valence-corrected chi connectivity index (χ3v) is 4.91. The van der Waals surface area contributed by atoms with E-state index in [1.807, 2.05) is 44.2 Å². The summed E-state index contributed by atoms with van der Waals surface area (Å²) in [7, 11) is 0. The highest BCUT2D eigenvalue weighted by Crippen LogP contribution is 2.28. The van der Waals surface area contributed by atoms with Crippen molar-refractivity contribution in [3.05, 3.63) is 84.4 Å². The lowest BCUT2D eigenvalue weighted by atomic mass is 10.0. The van der Waals surface area contributed by atoms with Gasteiger partial charge in [-0.15, -0.1) is 6.58 Å². The third-order valence-electron chi connectivity index (χ3n) is 4.91. The third kappa shape index (κ3) is 6.01. The number of hydrogen-bond donors (Lipinski definition) is 1. The number of nitrogens with one attached hydrogen (secondary N) is 1. The zero-order chi connectivity index (χ0) is 19.8. The van der Waals surface area contributed by atoms with Gasteiger partial charge in [0, 0.05) is 12.6 Å². The summed E-state index contributed by atoms with van der Waals surface area (Å²) >= 11 is 0. The van der Waals surface area contributed by atoms with Crippen LogP contribution in [0.1, 0.15) is 31.4 Å². The van der Waals surface area contributed by atoms with Gasteiger partial charge in [-0.3, -0.25) is 0 Å². The minimum absolute atomic E-state index is 0.0731. The van der Waals surface area contributed by atoms with Crippen LogP contribution < -0.4 is 5.32 Å². The fraction of sp³-hybridized carbons (Fsp3) is 0.417. The van der Waals surface area contributed by atoms with Crippen LogP contribution in [0.2, 0.25) is 0 Å². The van der Waals surface area contributed by atoms with Gasteiger partial charge in [0.05, 0.1) is 13.2 Å². The lowest BCUT2D eigenvalue weighted by molar-refractivity contribution is -0.161. The normalized spacial score (nSPS) is 20.6. The second kappa shape index (κ2) is 9.99. The van der Waals surface area contributed by atoms with Gasteiger partial charge in [-0.2, -0.15) is 0 Å². The Morgan fingerprint density at radius 1 is 1.11 bits per heavy atom. The van der Waals surface area contributed by atoms with Crippen LogP contribution in [-0.4, -0.2) is 30.6 Å². The molecule has 1 N–H and O–H groups in total. The van der Waals surface area contributed by atoms with Gasteiger partial charge < -0.3 is 19.5 Å². The van der Waals surface area contributed by atoms with Crippen molar-refractivity contribution < 1.29 is 14.2 Å². The zero-order valence-corrected chi connectivity index (χ0v) is 16.8. The molecule has 1 aliphatic heterocycles. The summed E-state index contributed by atoms with van der Waals surface area (Å²) < 4.78 is 18.4. The van der Waals surface area contributed by atoms with E-state index in [2.05, 4.69) is 48.3 Å². The summed E-state index contributed by atoms with van der Waals surface area (Å²) in [6.07, 6.45) is 2.44. The molecule has 0 unspecified atom stereocenters. The fourth-order valence-corrected chi connectivity index (χ4v) is 3.48. The Hall–Kier alpha value is -1.98. The highest BCUT2D eigenvalue weighted by Gasteiger charge is 2.40. The van der Waals surface area contributed by atoms with Gasteiger partial charge in [-0.1, -0.05) is 66.7 Å². The summed E-state index contributed by atoms with van der Waals surface area (Å²) in [6, 6.07) is 20.7. The van der Waals surface area contributed by atoms with Crippen molar-refractivity contribution in [1.82, 2.24) is 5.32 Å². The van der Waals surface area contributed by atoms with E-state index in [1.165, 1.54) is 5.56 Å². The van der Waals surface area contributed by atoms with Crippen molar-refractivity contribution in [1.29, 1.82) is 0 Å². The molecule has 0 aromatic heterocycles. The van der Waals surface area contributed by atoms with Crippen LogP contribution >= 0.6 is 0 Å². The molecule has 0 aliphatic carbocycles. The largest absolute Gasteiger partial charge is 0.369 e. The Morgan fingerprint density at radius 2 is 1.75 bits per heavy atom. The Morgan fingerprint density at radius 3 is 2.32 bits per heavy atom. The smallest absolute Gasteiger partial charge is 0.163 e. The molecule has 1 heterocycles. The maximum absolute atomic E-state index is 6.39. The molecule has 28 heavy (non-hydrogen) atoms. The van der Waals surface area contributed by atoms with E-state index in [9.17, 15) is 0 Å². The lowest BCUT2D eigenvalue weighted by Crippen LogP contribution is -2.48. The van der Waals surface area contributed by atoms with Gasteiger partial charge in [0.1, 0.15) is 12.2 Å². The van der Waals surface area contributed by atoms with Gasteiger partial charge in [0.2, 0.25) is 0 Å². The predicted molar refractivity (Wildman–Crippen MR) is 112 cm³/mol. The molecule has 0 spiro atoms. The first kappa shape index (κ1) is 20.7. The molecule has 1 fully saturated rings. The van der Waals surface area contributed by atoms with Crippen molar-refractivity contribution in [2.24, 2.45) is 0 Å². The predicted octanol–water partition coefficient (Wildman–Crippen LogP) is 4.46. The SMILES string of the molecule is C=CC[C@@H](NCc1ccccc1)[C@H](OCc1ccccc1)[C@@H]1COC(C)(C)O1. The first-order valence-electron chi connectivity index (χ1n) is 9.93. The number of hydrogen-bond acceptors (Lipinski definition) is 4. The molecule has 4 nitrogen and oxygen atoms in total. The summed E-state index contributed by atoms with van der Waals surface area (Å²) in [4.78, 5) is 0. The van der Waals surface area contributed by atoms with Gasteiger partial charge >= 0.3 is 0 Å². The molecule has 0 bridgehead atoms. The summed E-state index contributed by atoms with van der Waals surface area (Å²) in [5.74, 6) is -0.586. The molecule has 0 amide bonds. The molecule has 1 aliphatic rings. The number of benzene rings is 2. The zero-order valence-electron chi connectivity index (χ0n) is 16.8. The van der Waals surface area contributed by atoms with Crippen LogP contribution in [0, 0.1) is 0 Å². The van der Waals surface area contributed by atoms with E-state index < -0.39 is 5.79 Å². The van der Waals surface area contributed by atoms with Crippen LogP contribution in [-0.2, 0) is 27.4 Å². The molecule has 0 radical (unpaired) electrons. The van der Waals surface area contributed by atoms with E-state index in [4.69, 9.17) is 14.2 Å². The first-order chi connectivity index (χ1) is 13.6. The Kier molecular flexibility index (Phi) is 7.40. The summed E-state index contributed by atoms with van der Waals surface area (Å²) in [5, 5.41) is 3.65. The van der Waals surface area contributed by atoms with Crippen LogP contribution in [0.4, 0.5) is 0 Å². The Labute approximate surface area is 168 Å². The topological polar surface area (TPSA) is 39.7 Å². The number of rotatable bonds is 10. The van der Waals surface area contributed by atoms with Crippen molar-refractivity contribution in [2.45, 2.75) is 57.5 Å². The average Bonchev–Trinajstić information content (AvgIpc) is 3.07. The van der Waals surface area contributed by atoms with Gasteiger partial charge in [0.15, 0.2) is 5.79 Å². The van der Waals surface area contributed by atoms with Gasteiger partial charge in [0.25, 0.3) is 0 Å². The van der Waals surface area contributed by atoms with Crippen molar-refractivity contribution in [3.63, 3.8) is 0 Å². The molecule has 2 aromatic carbocycles. The summed E-state index contributed by atoms with van der Waals surface area (Å²) in [5.41, 5.74) is 2.38. The maximum atomic E-state index is 6.39. The molecule has 3 atom stereocenters. The quantitative estimate of drug-likeness (QED) is 0.617. The monoisotopic (exact) mass is 381 g/mol. The van der Waals surface area contributed by atoms with E-state index in [0.717, 1.165) is 18.5 Å². The second-order valence-corrected chi connectivity index (χ2v) is 7.63. The Balaban J connectivity index is 1.72. The van der Waals surface area contributed by atoms with Crippen LogP contribution in [0.15, 0.2) is 73.3 Å².